The molecule has 0 radical (unpaired) electrons. The van der Waals surface area contributed by atoms with E-state index in [0.717, 1.165) is 54.2 Å². The number of fused-ring (bicyclic) bond motifs is 1. The second kappa shape index (κ2) is 8.51. The summed E-state index contributed by atoms with van der Waals surface area (Å²) < 4.78 is 4.18. The highest BCUT2D eigenvalue weighted by atomic mass is 15.6. The Hall–Kier alpha value is -3.40. The molecule has 33 heavy (non-hydrogen) atoms. The number of rotatable bonds is 7. The highest BCUT2D eigenvalue weighted by Gasteiger charge is 2.29. The molecular formula is C23H28N10. The van der Waals surface area contributed by atoms with Gasteiger partial charge in [-0.1, -0.05) is 0 Å². The van der Waals surface area contributed by atoms with Crippen molar-refractivity contribution < 1.29 is 0 Å². The quantitative estimate of drug-likeness (QED) is 0.464. The lowest BCUT2D eigenvalue weighted by atomic mass is 9.93. The number of tetrazole rings is 1. The number of aryl methyl sites for hydroxylation is 1. The highest BCUT2D eigenvalue weighted by molar-refractivity contribution is 5.80. The zero-order valence-corrected chi connectivity index (χ0v) is 18.8. The Kier molecular flexibility index (Phi) is 5.21. The summed E-state index contributed by atoms with van der Waals surface area (Å²) in [6, 6.07) is 4.38. The Morgan fingerprint density at radius 2 is 1.91 bits per heavy atom. The van der Waals surface area contributed by atoms with Crippen LogP contribution in [0.15, 0.2) is 36.9 Å². The predicted octanol–water partition coefficient (Wildman–Crippen LogP) is 2.55. The third-order valence-corrected chi connectivity index (χ3v) is 7.01. The summed E-state index contributed by atoms with van der Waals surface area (Å²) in [6.45, 7) is 2.70. The molecule has 170 valence electrons. The Bertz CT molecular complexity index is 1230. The van der Waals surface area contributed by atoms with Gasteiger partial charge in [0.2, 0.25) is 5.95 Å². The number of hydrogen-bond acceptors (Lipinski definition) is 8. The first-order valence-corrected chi connectivity index (χ1v) is 11.7. The maximum atomic E-state index is 4.69. The molecule has 1 aliphatic heterocycles. The van der Waals surface area contributed by atoms with Gasteiger partial charge in [-0.2, -0.15) is 0 Å². The summed E-state index contributed by atoms with van der Waals surface area (Å²) in [5.41, 5.74) is 3.30. The first-order chi connectivity index (χ1) is 16.3. The molecule has 6 rings (SSSR count). The van der Waals surface area contributed by atoms with Crippen LogP contribution in [0.3, 0.4) is 0 Å². The Balaban J connectivity index is 1.31. The Morgan fingerprint density at radius 3 is 2.64 bits per heavy atom. The molecule has 0 bridgehead atoms. The molecule has 10 heteroatoms. The molecule has 1 aliphatic carbocycles. The van der Waals surface area contributed by atoms with E-state index in [0.29, 0.717) is 12.6 Å². The second-order valence-electron chi connectivity index (χ2n) is 9.02. The Morgan fingerprint density at radius 1 is 1.09 bits per heavy atom. The average Bonchev–Trinajstić information content (AvgIpc) is 3.56. The summed E-state index contributed by atoms with van der Waals surface area (Å²) >= 11 is 0. The SMILES string of the molecule is Cn1c(CNC(c2cnc(N3CCCC3)nc2)c2nnnn2C2CCC2)cc2cnccc21. The molecule has 1 unspecified atom stereocenters. The minimum Gasteiger partial charge on any atom is -0.346 e. The molecule has 1 N–H and O–H groups in total. The van der Waals surface area contributed by atoms with E-state index in [1.165, 1.54) is 25.0 Å². The maximum absolute atomic E-state index is 4.69. The van der Waals surface area contributed by atoms with Crippen molar-refractivity contribution in [3.8, 4) is 0 Å². The van der Waals surface area contributed by atoms with E-state index in [1.807, 2.05) is 35.5 Å². The highest BCUT2D eigenvalue weighted by Crippen LogP contribution is 2.33. The summed E-state index contributed by atoms with van der Waals surface area (Å²) in [5.74, 6) is 1.62. The molecule has 0 amide bonds. The van der Waals surface area contributed by atoms with Gasteiger partial charge in [0.25, 0.3) is 0 Å². The number of nitrogens with zero attached hydrogens (tertiary/aromatic N) is 9. The van der Waals surface area contributed by atoms with Crippen LogP contribution in [0.5, 0.6) is 0 Å². The molecule has 10 nitrogen and oxygen atoms in total. The van der Waals surface area contributed by atoms with Gasteiger partial charge in [0.15, 0.2) is 5.82 Å². The number of anilines is 1. The van der Waals surface area contributed by atoms with Crippen molar-refractivity contribution in [1.29, 1.82) is 0 Å². The van der Waals surface area contributed by atoms with E-state index < -0.39 is 0 Å². The van der Waals surface area contributed by atoms with Crippen molar-refractivity contribution in [3.05, 3.63) is 54.0 Å². The fraction of sp³-hybridized carbons (Fsp3) is 0.478. The van der Waals surface area contributed by atoms with E-state index in [-0.39, 0.29) is 6.04 Å². The van der Waals surface area contributed by atoms with Crippen LogP contribution in [0.1, 0.15) is 61.3 Å². The maximum Gasteiger partial charge on any atom is 0.225 e. The summed E-state index contributed by atoms with van der Waals surface area (Å²) in [7, 11) is 2.08. The van der Waals surface area contributed by atoms with Gasteiger partial charge in [-0.05, 0) is 54.7 Å². The molecule has 4 aromatic rings. The lowest BCUT2D eigenvalue weighted by Gasteiger charge is -2.28. The van der Waals surface area contributed by atoms with Crippen LogP contribution in [-0.2, 0) is 13.6 Å². The third-order valence-electron chi connectivity index (χ3n) is 7.01. The largest absolute Gasteiger partial charge is 0.346 e. The van der Waals surface area contributed by atoms with Gasteiger partial charge in [-0.3, -0.25) is 10.3 Å². The van der Waals surface area contributed by atoms with Crippen LogP contribution in [0.2, 0.25) is 0 Å². The van der Waals surface area contributed by atoms with Crippen molar-refractivity contribution in [3.63, 3.8) is 0 Å². The average molecular weight is 445 g/mol. The monoisotopic (exact) mass is 444 g/mol. The Labute approximate surface area is 192 Å². The number of aromatic nitrogens is 8. The fourth-order valence-electron chi connectivity index (χ4n) is 4.82. The van der Waals surface area contributed by atoms with Crippen molar-refractivity contribution in [1.82, 2.24) is 45.0 Å². The van der Waals surface area contributed by atoms with Gasteiger partial charge < -0.3 is 9.47 Å². The molecule has 2 aliphatic rings. The van der Waals surface area contributed by atoms with Crippen LogP contribution in [0, 0.1) is 0 Å². The second-order valence-corrected chi connectivity index (χ2v) is 9.02. The van der Waals surface area contributed by atoms with Crippen LogP contribution in [-0.4, -0.2) is 52.8 Å². The molecule has 1 saturated carbocycles. The normalized spacial score (nSPS) is 17.5. The van der Waals surface area contributed by atoms with E-state index in [4.69, 9.17) is 9.97 Å². The van der Waals surface area contributed by atoms with Gasteiger partial charge >= 0.3 is 0 Å². The third kappa shape index (κ3) is 3.74. The van der Waals surface area contributed by atoms with Gasteiger partial charge in [0.1, 0.15) is 0 Å². The topological polar surface area (TPSA) is 102 Å². The van der Waals surface area contributed by atoms with E-state index in [2.05, 4.69) is 48.4 Å². The van der Waals surface area contributed by atoms with Gasteiger partial charge in [-0.25, -0.2) is 14.6 Å². The molecule has 2 fully saturated rings. The van der Waals surface area contributed by atoms with E-state index in [1.54, 1.807) is 0 Å². The lowest BCUT2D eigenvalue weighted by molar-refractivity contribution is 0.272. The van der Waals surface area contributed by atoms with Gasteiger partial charge in [0.05, 0.1) is 17.6 Å². The number of hydrogen-bond donors (Lipinski definition) is 1. The summed E-state index contributed by atoms with van der Waals surface area (Å²) in [6.07, 6.45) is 13.4. The minimum absolute atomic E-state index is 0.204. The van der Waals surface area contributed by atoms with Crippen molar-refractivity contribution in [2.75, 3.05) is 18.0 Å². The molecule has 0 aromatic carbocycles. The van der Waals surface area contributed by atoms with Crippen LogP contribution in [0.25, 0.3) is 10.9 Å². The molecule has 0 spiro atoms. The van der Waals surface area contributed by atoms with Crippen molar-refractivity contribution in [2.45, 2.75) is 50.7 Å². The first kappa shape index (κ1) is 20.2. The van der Waals surface area contributed by atoms with Crippen LogP contribution in [0.4, 0.5) is 5.95 Å². The predicted molar refractivity (Wildman–Crippen MR) is 124 cm³/mol. The standard InChI is InChI=1S/C23H28N10/c1-31-19(11-16-12-24-8-7-20(16)31)15-25-21(22-28-29-30-33(22)18-5-4-6-18)17-13-26-23(27-14-17)32-9-2-3-10-32/h7-8,11-14,18,21,25H,2-6,9-10,15H2,1H3. The van der Waals surface area contributed by atoms with Crippen molar-refractivity contribution >= 4 is 16.9 Å². The molecular weight excluding hydrogens is 416 g/mol. The molecule has 1 atom stereocenters. The minimum atomic E-state index is -0.204. The molecule has 4 aromatic heterocycles. The van der Waals surface area contributed by atoms with Crippen LogP contribution < -0.4 is 10.2 Å². The summed E-state index contributed by atoms with van der Waals surface area (Å²) in [4.78, 5) is 15.9. The van der Waals surface area contributed by atoms with Gasteiger partial charge in [0, 0.05) is 68.1 Å². The zero-order chi connectivity index (χ0) is 22.2. The van der Waals surface area contributed by atoms with Gasteiger partial charge in [-0.15, -0.1) is 5.10 Å². The van der Waals surface area contributed by atoms with Crippen LogP contribution >= 0.6 is 0 Å². The number of nitrogens with one attached hydrogen (secondary N) is 1. The lowest BCUT2D eigenvalue weighted by Crippen LogP contribution is -2.30. The molecule has 5 heterocycles. The zero-order valence-electron chi connectivity index (χ0n) is 18.8. The smallest absolute Gasteiger partial charge is 0.225 e. The van der Waals surface area contributed by atoms with Crippen molar-refractivity contribution in [2.24, 2.45) is 7.05 Å². The van der Waals surface area contributed by atoms with E-state index >= 15 is 0 Å². The fourth-order valence-corrected chi connectivity index (χ4v) is 4.82. The first-order valence-electron chi connectivity index (χ1n) is 11.7. The molecule has 1 saturated heterocycles. The summed E-state index contributed by atoms with van der Waals surface area (Å²) in [5, 5.41) is 17.6. The number of pyridine rings is 1. The van der Waals surface area contributed by atoms with E-state index in [9.17, 15) is 0 Å².